The van der Waals surface area contributed by atoms with Crippen molar-refractivity contribution in [1.29, 1.82) is 0 Å². The number of nitrogens with zero attached hydrogens (tertiary/aromatic N) is 1. The zero-order valence-electron chi connectivity index (χ0n) is 10.5. The Morgan fingerprint density at radius 2 is 2.19 bits per heavy atom. The lowest BCUT2D eigenvalue weighted by molar-refractivity contribution is -0.144. The van der Waals surface area contributed by atoms with Gasteiger partial charge in [-0.15, -0.1) is 0 Å². The second-order valence-electron chi connectivity index (χ2n) is 4.86. The van der Waals surface area contributed by atoms with E-state index in [0.717, 1.165) is 52.1 Å². The summed E-state index contributed by atoms with van der Waals surface area (Å²) < 4.78 is 11.2. The first kappa shape index (κ1) is 12.3. The third-order valence-electron chi connectivity index (χ3n) is 3.79. The summed E-state index contributed by atoms with van der Waals surface area (Å²) in [6.07, 6.45) is 3.26. The Balaban J connectivity index is 1.88. The fourth-order valence-corrected chi connectivity index (χ4v) is 2.73. The van der Waals surface area contributed by atoms with E-state index in [1.165, 1.54) is 0 Å². The van der Waals surface area contributed by atoms with Gasteiger partial charge in [-0.25, -0.2) is 0 Å². The van der Waals surface area contributed by atoms with Gasteiger partial charge in [-0.1, -0.05) is 6.92 Å². The molecule has 2 fully saturated rings. The van der Waals surface area contributed by atoms with Crippen LogP contribution in [0, 0.1) is 0 Å². The highest BCUT2D eigenvalue weighted by Gasteiger charge is 2.39. The van der Waals surface area contributed by atoms with Crippen LogP contribution in [0.1, 0.15) is 26.2 Å². The van der Waals surface area contributed by atoms with Crippen LogP contribution in [-0.4, -0.2) is 56.6 Å². The average Bonchev–Trinajstić information content (AvgIpc) is 2.31. The summed E-state index contributed by atoms with van der Waals surface area (Å²) in [5.41, 5.74) is -0.0624. The van der Waals surface area contributed by atoms with Crippen molar-refractivity contribution >= 4 is 0 Å². The van der Waals surface area contributed by atoms with Crippen molar-refractivity contribution in [3.05, 3.63) is 0 Å². The summed E-state index contributed by atoms with van der Waals surface area (Å²) in [5.74, 6) is 0. The van der Waals surface area contributed by atoms with Gasteiger partial charge >= 0.3 is 0 Å². The zero-order valence-corrected chi connectivity index (χ0v) is 10.5. The maximum atomic E-state index is 5.98. The standard InChI is InChI=1S/C12H24N2O2/c1-3-14-7-5-12(6-8-14)13-11(10-15-2)4-9-16-12/h11,13H,3-10H2,1-2H3. The molecule has 0 amide bonds. The van der Waals surface area contributed by atoms with Gasteiger partial charge in [-0.05, 0) is 13.0 Å². The van der Waals surface area contributed by atoms with Gasteiger partial charge in [0.1, 0.15) is 5.72 Å². The van der Waals surface area contributed by atoms with E-state index in [1.54, 1.807) is 7.11 Å². The molecular formula is C12H24N2O2. The number of rotatable bonds is 3. The molecule has 1 atom stereocenters. The highest BCUT2D eigenvalue weighted by atomic mass is 16.5. The van der Waals surface area contributed by atoms with Crippen LogP contribution in [0.15, 0.2) is 0 Å². The van der Waals surface area contributed by atoms with Crippen LogP contribution in [0.3, 0.4) is 0 Å². The van der Waals surface area contributed by atoms with Crippen molar-refractivity contribution in [3.63, 3.8) is 0 Å². The minimum Gasteiger partial charge on any atom is -0.383 e. The third-order valence-corrected chi connectivity index (χ3v) is 3.79. The van der Waals surface area contributed by atoms with Crippen LogP contribution < -0.4 is 5.32 Å². The Bertz CT molecular complexity index is 213. The Morgan fingerprint density at radius 3 is 2.81 bits per heavy atom. The van der Waals surface area contributed by atoms with Crippen LogP contribution in [0.2, 0.25) is 0 Å². The SMILES string of the molecule is CCN1CCC2(CC1)NC(COC)CCO2. The summed E-state index contributed by atoms with van der Waals surface area (Å²) in [4.78, 5) is 2.48. The van der Waals surface area contributed by atoms with E-state index in [1.807, 2.05) is 0 Å². The van der Waals surface area contributed by atoms with E-state index in [9.17, 15) is 0 Å². The monoisotopic (exact) mass is 228 g/mol. The molecule has 0 aromatic carbocycles. The summed E-state index contributed by atoms with van der Waals surface area (Å²) in [5, 5.41) is 3.64. The number of nitrogens with one attached hydrogen (secondary N) is 1. The van der Waals surface area contributed by atoms with Crippen LogP contribution >= 0.6 is 0 Å². The van der Waals surface area contributed by atoms with E-state index in [4.69, 9.17) is 9.47 Å². The molecule has 0 saturated carbocycles. The number of hydrogen-bond donors (Lipinski definition) is 1. The first-order chi connectivity index (χ1) is 7.78. The molecule has 2 aliphatic rings. The smallest absolute Gasteiger partial charge is 0.121 e. The second-order valence-corrected chi connectivity index (χ2v) is 4.86. The molecule has 2 rings (SSSR count). The Kier molecular flexibility index (Phi) is 4.19. The zero-order chi connectivity index (χ0) is 11.4. The number of likely N-dealkylation sites (tertiary alicyclic amines) is 1. The molecule has 0 aliphatic carbocycles. The summed E-state index contributed by atoms with van der Waals surface area (Å²) in [6, 6.07) is 0.465. The Labute approximate surface area is 98.3 Å². The van der Waals surface area contributed by atoms with E-state index < -0.39 is 0 Å². The van der Waals surface area contributed by atoms with Crippen molar-refractivity contribution in [2.45, 2.75) is 38.0 Å². The number of methoxy groups -OCH3 is 1. The molecule has 0 radical (unpaired) electrons. The molecule has 4 heteroatoms. The maximum absolute atomic E-state index is 5.98. The average molecular weight is 228 g/mol. The van der Waals surface area contributed by atoms with E-state index >= 15 is 0 Å². The molecule has 2 heterocycles. The lowest BCUT2D eigenvalue weighted by Crippen LogP contribution is -2.62. The summed E-state index contributed by atoms with van der Waals surface area (Å²) >= 11 is 0. The molecule has 16 heavy (non-hydrogen) atoms. The fraction of sp³-hybridized carbons (Fsp3) is 1.00. The van der Waals surface area contributed by atoms with E-state index in [2.05, 4.69) is 17.1 Å². The molecule has 2 saturated heterocycles. The molecule has 94 valence electrons. The third kappa shape index (κ3) is 2.74. The van der Waals surface area contributed by atoms with Crippen molar-refractivity contribution in [3.8, 4) is 0 Å². The highest BCUT2D eigenvalue weighted by molar-refractivity contribution is 4.90. The van der Waals surface area contributed by atoms with E-state index in [0.29, 0.717) is 6.04 Å². The Morgan fingerprint density at radius 1 is 1.44 bits per heavy atom. The molecule has 0 aromatic heterocycles. The first-order valence-electron chi connectivity index (χ1n) is 6.41. The van der Waals surface area contributed by atoms with Crippen molar-refractivity contribution in [1.82, 2.24) is 10.2 Å². The fourth-order valence-electron chi connectivity index (χ4n) is 2.73. The molecule has 1 spiro atoms. The molecule has 0 aromatic rings. The topological polar surface area (TPSA) is 33.7 Å². The highest BCUT2D eigenvalue weighted by Crippen LogP contribution is 2.27. The molecule has 4 nitrogen and oxygen atoms in total. The van der Waals surface area contributed by atoms with Gasteiger partial charge in [0.2, 0.25) is 0 Å². The van der Waals surface area contributed by atoms with Gasteiger partial charge in [0.05, 0.1) is 13.2 Å². The van der Waals surface area contributed by atoms with Gasteiger partial charge in [-0.2, -0.15) is 0 Å². The van der Waals surface area contributed by atoms with Crippen molar-refractivity contribution < 1.29 is 9.47 Å². The largest absolute Gasteiger partial charge is 0.383 e. The first-order valence-corrected chi connectivity index (χ1v) is 6.41. The van der Waals surface area contributed by atoms with Crippen LogP contribution in [-0.2, 0) is 9.47 Å². The van der Waals surface area contributed by atoms with Crippen LogP contribution in [0.5, 0.6) is 0 Å². The molecular weight excluding hydrogens is 204 g/mol. The number of hydrogen-bond acceptors (Lipinski definition) is 4. The number of ether oxygens (including phenoxy) is 2. The minimum absolute atomic E-state index is 0.0624. The normalized spacial score (nSPS) is 30.8. The van der Waals surface area contributed by atoms with Gasteiger partial charge in [0.15, 0.2) is 0 Å². The minimum atomic E-state index is -0.0624. The predicted octanol–water partition coefficient (Wildman–Crippen LogP) is 0.823. The number of piperidine rings is 1. The molecule has 2 aliphatic heterocycles. The Hall–Kier alpha value is -0.160. The van der Waals surface area contributed by atoms with E-state index in [-0.39, 0.29) is 5.72 Å². The van der Waals surface area contributed by atoms with Gasteiger partial charge in [0, 0.05) is 39.1 Å². The summed E-state index contributed by atoms with van der Waals surface area (Å²) in [7, 11) is 1.77. The molecule has 0 bridgehead atoms. The van der Waals surface area contributed by atoms with Gasteiger partial charge in [-0.3, -0.25) is 5.32 Å². The van der Waals surface area contributed by atoms with Crippen molar-refractivity contribution in [2.24, 2.45) is 0 Å². The lowest BCUT2D eigenvalue weighted by atomic mass is 9.96. The maximum Gasteiger partial charge on any atom is 0.121 e. The van der Waals surface area contributed by atoms with Crippen LogP contribution in [0.25, 0.3) is 0 Å². The quantitative estimate of drug-likeness (QED) is 0.775. The van der Waals surface area contributed by atoms with Crippen LogP contribution in [0.4, 0.5) is 0 Å². The predicted molar refractivity (Wildman–Crippen MR) is 63.4 cm³/mol. The summed E-state index contributed by atoms with van der Waals surface area (Å²) in [6.45, 7) is 7.32. The second kappa shape index (κ2) is 5.45. The molecule has 1 N–H and O–H groups in total. The van der Waals surface area contributed by atoms with Gasteiger partial charge in [0.25, 0.3) is 0 Å². The lowest BCUT2D eigenvalue weighted by Gasteiger charge is -2.46. The molecule has 1 unspecified atom stereocenters. The van der Waals surface area contributed by atoms with Gasteiger partial charge < -0.3 is 14.4 Å². The van der Waals surface area contributed by atoms with Crippen molar-refractivity contribution in [2.75, 3.05) is 40.0 Å².